The molecule has 3 rings (SSSR count). The number of carbonyl (C=O) groups is 1. The first-order chi connectivity index (χ1) is 12.0. The van der Waals surface area contributed by atoms with Gasteiger partial charge in [-0.15, -0.1) is 10.2 Å². The van der Waals surface area contributed by atoms with Gasteiger partial charge in [0.2, 0.25) is 5.91 Å². The number of aromatic nitrogens is 5. The Morgan fingerprint density at radius 3 is 2.88 bits per heavy atom. The zero-order valence-electron chi connectivity index (χ0n) is 13.9. The smallest absolute Gasteiger partial charge is 0.258 e. The van der Waals surface area contributed by atoms with Gasteiger partial charge in [-0.25, -0.2) is 4.98 Å². The summed E-state index contributed by atoms with van der Waals surface area (Å²) < 4.78 is 1.82. The third-order valence-electron chi connectivity index (χ3n) is 3.82. The minimum atomic E-state index is -0.372. The molecule has 1 amide bonds. The number of H-pyrrole nitrogens is 1. The van der Waals surface area contributed by atoms with Gasteiger partial charge in [0.15, 0.2) is 5.16 Å². The predicted octanol–water partition coefficient (Wildman–Crippen LogP) is 1.32. The van der Waals surface area contributed by atoms with Crippen molar-refractivity contribution in [1.29, 1.82) is 0 Å². The molecule has 3 aromatic rings. The fourth-order valence-corrected chi connectivity index (χ4v) is 3.30. The molecular formula is C16H18N6O2S. The zero-order chi connectivity index (χ0) is 18.0. The Hall–Kier alpha value is -2.68. The molecular weight excluding hydrogens is 340 g/mol. The molecule has 0 spiro atoms. The molecule has 0 fully saturated rings. The standard InChI is InChI=1S/C16H18N6O2S/c1-9(14-18-11-6-4-3-5-10(11)15(24)19-14)25-16-21-20-13(22(16)2)8-7-12(17)23/h3-6,9H,7-8H2,1-2H3,(H2,17,23)(H,18,19,24)/t9-/m0/s1. The van der Waals surface area contributed by atoms with Crippen molar-refractivity contribution in [2.75, 3.05) is 0 Å². The summed E-state index contributed by atoms with van der Waals surface area (Å²) >= 11 is 1.44. The van der Waals surface area contributed by atoms with Gasteiger partial charge in [-0.1, -0.05) is 23.9 Å². The van der Waals surface area contributed by atoms with E-state index in [2.05, 4.69) is 20.2 Å². The molecule has 0 radical (unpaired) electrons. The molecule has 0 aliphatic heterocycles. The average molecular weight is 358 g/mol. The maximum atomic E-state index is 12.2. The van der Waals surface area contributed by atoms with E-state index in [1.807, 2.05) is 36.7 Å². The second-order valence-corrected chi connectivity index (χ2v) is 6.96. The number of thioether (sulfide) groups is 1. The fourth-order valence-electron chi connectivity index (χ4n) is 2.41. The number of hydrogen-bond acceptors (Lipinski definition) is 6. The Morgan fingerprint density at radius 1 is 1.36 bits per heavy atom. The second-order valence-electron chi connectivity index (χ2n) is 5.65. The number of para-hydroxylation sites is 1. The number of fused-ring (bicyclic) bond motifs is 1. The summed E-state index contributed by atoms with van der Waals surface area (Å²) in [4.78, 5) is 30.5. The Bertz CT molecular complexity index is 980. The molecule has 2 heterocycles. The Balaban J connectivity index is 1.82. The molecule has 25 heavy (non-hydrogen) atoms. The summed E-state index contributed by atoms with van der Waals surface area (Å²) in [6, 6.07) is 7.22. The topological polar surface area (TPSA) is 120 Å². The highest BCUT2D eigenvalue weighted by Gasteiger charge is 2.17. The van der Waals surface area contributed by atoms with E-state index in [1.54, 1.807) is 6.07 Å². The van der Waals surface area contributed by atoms with Gasteiger partial charge in [0, 0.05) is 19.9 Å². The molecule has 1 atom stereocenters. The number of aromatic amines is 1. The summed E-state index contributed by atoms with van der Waals surface area (Å²) in [5.41, 5.74) is 5.67. The first kappa shape index (κ1) is 17.2. The number of nitrogens with two attached hydrogens (primary N) is 1. The van der Waals surface area contributed by atoms with Crippen molar-refractivity contribution >= 4 is 28.6 Å². The van der Waals surface area contributed by atoms with Crippen LogP contribution in [0.2, 0.25) is 0 Å². The van der Waals surface area contributed by atoms with Crippen molar-refractivity contribution in [3.8, 4) is 0 Å². The summed E-state index contributed by atoms with van der Waals surface area (Å²) in [6.45, 7) is 1.94. The number of nitrogens with zero attached hydrogens (tertiary/aromatic N) is 4. The van der Waals surface area contributed by atoms with E-state index < -0.39 is 0 Å². The van der Waals surface area contributed by atoms with Crippen LogP contribution in [0.15, 0.2) is 34.2 Å². The van der Waals surface area contributed by atoms with Crippen molar-refractivity contribution in [3.05, 3.63) is 46.3 Å². The van der Waals surface area contributed by atoms with Crippen LogP contribution in [0.25, 0.3) is 10.9 Å². The van der Waals surface area contributed by atoms with Gasteiger partial charge in [0.25, 0.3) is 5.56 Å². The summed E-state index contributed by atoms with van der Waals surface area (Å²) in [6.07, 6.45) is 0.671. The van der Waals surface area contributed by atoms with E-state index in [0.717, 1.165) is 0 Å². The van der Waals surface area contributed by atoms with Gasteiger partial charge in [-0.3, -0.25) is 9.59 Å². The third kappa shape index (κ3) is 3.71. The SMILES string of the molecule is C[C@H](Sc1nnc(CCC(N)=O)n1C)c1nc2ccccc2c(=O)[nH]1. The number of aryl methyl sites for hydroxylation is 1. The summed E-state index contributed by atoms with van der Waals surface area (Å²) in [5.74, 6) is 0.896. The average Bonchev–Trinajstić information content (AvgIpc) is 2.93. The Labute approximate surface area is 147 Å². The van der Waals surface area contributed by atoms with Crippen LogP contribution in [0.4, 0.5) is 0 Å². The minimum Gasteiger partial charge on any atom is -0.370 e. The molecule has 0 aliphatic carbocycles. The van der Waals surface area contributed by atoms with Crippen LogP contribution in [-0.4, -0.2) is 30.6 Å². The monoisotopic (exact) mass is 358 g/mol. The van der Waals surface area contributed by atoms with Crippen LogP contribution in [0.3, 0.4) is 0 Å². The first-order valence-corrected chi connectivity index (χ1v) is 8.66. The normalized spacial score (nSPS) is 12.4. The Morgan fingerprint density at radius 2 is 2.12 bits per heavy atom. The van der Waals surface area contributed by atoms with Crippen LogP contribution in [0, 0.1) is 0 Å². The number of benzene rings is 1. The lowest BCUT2D eigenvalue weighted by molar-refractivity contribution is -0.118. The molecule has 0 aliphatic rings. The molecule has 2 aromatic heterocycles. The van der Waals surface area contributed by atoms with Crippen molar-refractivity contribution in [3.63, 3.8) is 0 Å². The maximum Gasteiger partial charge on any atom is 0.258 e. The van der Waals surface area contributed by atoms with E-state index in [9.17, 15) is 9.59 Å². The lowest BCUT2D eigenvalue weighted by Crippen LogP contribution is -2.13. The Kier molecular flexibility index (Phi) is 4.84. The fraction of sp³-hybridized carbons (Fsp3) is 0.312. The molecule has 9 heteroatoms. The number of rotatable bonds is 6. The lowest BCUT2D eigenvalue weighted by atomic mass is 10.2. The molecule has 130 valence electrons. The summed E-state index contributed by atoms with van der Waals surface area (Å²) in [5, 5.41) is 9.37. The molecule has 1 aromatic carbocycles. The van der Waals surface area contributed by atoms with Crippen LogP contribution < -0.4 is 11.3 Å². The van der Waals surface area contributed by atoms with Crippen molar-refractivity contribution in [2.45, 2.75) is 30.2 Å². The van der Waals surface area contributed by atoms with Crippen LogP contribution in [0.1, 0.15) is 30.2 Å². The van der Waals surface area contributed by atoms with Gasteiger partial charge in [0.1, 0.15) is 11.6 Å². The van der Waals surface area contributed by atoms with Crippen LogP contribution in [0.5, 0.6) is 0 Å². The van der Waals surface area contributed by atoms with E-state index in [1.165, 1.54) is 11.8 Å². The number of amides is 1. The van der Waals surface area contributed by atoms with Crippen molar-refractivity contribution in [2.24, 2.45) is 12.8 Å². The zero-order valence-corrected chi connectivity index (χ0v) is 14.7. The van der Waals surface area contributed by atoms with Crippen LogP contribution >= 0.6 is 11.8 Å². The lowest BCUT2D eigenvalue weighted by Gasteiger charge is -2.11. The molecule has 0 saturated carbocycles. The minimum absolute atomic E-state index is 0.121. The molecule has 0 saturated heterocycles. The van der Waals surface area contributed by atoms with E-state index in [0.29, 0.717) is 34.1 Å². The molecule has 8 nitrogen and oxygen atoms in total. The van der Waals surface area contributed by atoms with Gasteiger partial charge >= 0.3 is 0 Å². The second kappa shape index (κ2) is 7.06. The van der Waals surface area contributed by atoms with E-state index in [-0.39, 0.29) is 23.1 Å². The number of nitrogens with one attached hydrogen (secondary N) is 1. The third-order valence-corrected chi connectivity index (χ3v) is 4.96. The highest BCUT2D eigenvalue weighted by molar-refractivity contribution is 7.99. The largest absolute Gasteiger partial charge is 0.370 e. The van der Waals surface area contributed by atoms with Gasteiger partial charge in [-0.2, -0.15) is 0 Å². The van der Waals surface area contributed by atoms with Crippen molar-refractivity contribution in [1.82, 2.24) is 24.7 Å². The highest BCUT2D eigenvalue weighted by atomic mass is 32.2. The van der Waals surface area contributed by atoms with Gasteiger partial charge in [-0.05, 0) is 19.1 Å². The molecule has 0 bridgehead atoms. The number of primary amides is 1. The van der Waals surface area contributed by atoms with E-state index >= 15 is 0 Å². The summed E-state index contributed by atoms with van der Waals surface area (Å²) in [7, 11) is 1.84. The maximum absolute atomic E-state index is 12.2. The number of carbonyl (C=O) groups excluding carboxylic acids is 1. The van der Waals surface area contributed by atoms with E-state index in [4.69, 9.17) is 5.73 Å². The molecule has 3 N–H and O–H groups in total. The van der Waals surface area contributed by atoms with Gasteiger partial charge < -0.3 is 15.3 Å². The quantitative estimate of drug-likeness (QED) is 0.641. The molecule has 0 unspecified atom stereocenters. The highest BCUT2D eigenvalue weighted by Crippen LogP contribution is 2.31. The number of hydrogen-bond donors (Lipinski definition) is 2. The predicted molar refractivity (Wildman–Crippen MR) is 95.2 cm³/mol. The first-order valence-electron chi connectivity index (χ1n) is 7.78. The van der Waals surface area contributed by atoms with Gasteiger partial charge in [0.05, 0.1) is 16.2 Å². The van der Waals surface area contributed by atoms with Crippen molar-refractivity contribution < 1.29 is 4.79 Å². The van der Waals surface area contributed by atoms with Crippen LogP contribution in [-0.2, 0) is 18.3 Å².